The molecule has 0 aliphatic heterocycles. The quantitative estimate of drug-likeness (QED) is 0.586. The minimum atomic E-state index is -0.256. The van der Waals surface area contributed by atoms with Crippen molar-refractivity contribution in [2.75, 3.05) is 6.61 Å². The van der Waals surface area contributed by atoms with Crippen LogP contribution in [0.5, 0.6) is 0 Å². The first-order valence-electron chi connectivity index (χ1n) is 6.00. The summed E-state index contributed by atoms with van der Waals surface area (Å²) in [7, 11) is 0. The SMILES string of the molecule is CCOC(=O)CCC(C)C(=O)c1ccc(Cl)cc1. The lowest BCUT2D eigenvalue weighted by molar-refractivity contribution is -0.143. The average Bonchev–Trinajstić information content (AvgIpc) is 2.36. The zero-order valence-corrected chi connectivity index (χ0v) is 11.4. The molecule has 0 spiro atoms. The molecular weight excluding hydrogens is 252 g/mol. The van der Waals surface area contributed by atoms with Crippen molar-refractivity contribution in [2.24, 2.45) is 5.92 Å². The van der Waals surface area contributed by atoms with Gasteiger partial charge in [0, 0.05) is 22.9 Å². The first-order chi connectivity index (χ1) is 8.54. The molecule has 1 atom stereocenters. The maximum Gasteiger partial charge on any atom is 0.305 e. The van der Waals surface area contributed by atoms with Gasteiger partial charge in [-0.05, 0) is 37.6 Å². The van der Waals surface area contributed by atoms with Crippen molar-refractivity contribution in [2.45, 2.75) is 26.7 Å². The van der Waals surface area contributed by atoms with Gasteiger partial charge >= 0.3 is 5.97 Å². The van der Waals surface area contributed by atoms with E-state index < -0.39 is 0 Å². The molecule has 1 aromatic rings. The van der Waals surface area contributed by atoms with Gasteiger partial charge in [0.15, 0.2) is 5.78 Å². The smallest absolute Gasteiger partial charge is 0.305 e. The molecule has 0 saturated carbocycles. The van der Waals surface area contributed by atoms with E-state index in [1.807, 2.05) is 6.92 Å². The molecule has 1 aromatic carbocycles. The summed E-state index contributed by atoms with van der Waals surface area (Å²) in [6, 6.07) is 6.77. The molecule has 0 aliphatic carbocycles. The fourth-order valence-electron chi connectivity index (χ4n) is 1.60. The highest BCUT2D eigenvalue weighted by Gasteiger charge is 2.16. The Morgan fingerprint density at radius 1 is 1.28 bits per heavy atom. The number of benzene rings is 1. The first-order valence-corrected chi connectivity index (χ1v) is 6.37. The van der Waals surface area contributed by atoms with E-state index in [0.29, 0.717) is 23.6 Å². The van der Waals surface area contributed by atoms with Gasteiger partial charge in [0.1, 0.15) is 0 Å². The van der Waals surface area contributed by atoms with Crippen LogP contribution in [0, 0.1) is 5.92 Å². The Morgan fingerprint density at radius 3 is 2.44 bits per heavy atom. The van der Waals surface area contributed by atoms with E-state index in [2.05, 4.69) is 0 Å². The maximum absolute atomic E-state index is 12.0. The molecule has 0 radical (unpaired) electrons. The van der Waals surface area contributed by atoms with Crippen LogP contribution in [-0.4, -0.2) is 18.4 Å². The normalized spacial score (nSPS) is 11.9. The first kappa shape index (κ1) is 14.7. The minimum Gasteiger partial charge on any atom is -0.466 e. The lowest BCUT2D eigenvalue weighted by atomic mass is 9.95. The average molecular weight is 269 g/mol. The molecule has 98 valence electrons. The van der Waals surface area contributed by atoms with Crippen LogP contribution in [-0.2, 0) is 9.53 Å². The highest BCUT2D eigenvalue weighted by molar-refractivity contribution is 6.30. The van der Waals surface area contributed by atoms with Crippen molar-refractivity contribution in [3.63, 3.8) is 0 Å². The number of esters is 1. The molecule has 0 heterocycles. The Hall–Kier alpha value is -1.35. The number of halogens is 1. The van der Waals surface area contributed by atoms with Crippen LogP contribution in [0.3, 0.4) is 0 Å². The number of hydrogen-bond acceptors (Lipinski definition) is 3. The maximum atomic E-state index is 12.0. The second-order valence-corrected chi connectivity index (χ2v) is 4.55. The van der Waals surface area contributed by atoms with Gasteiger partial charge in [0.25, 0.3) is 0 Å². The van der Waals surface area contributed by atoms with E-state index in [-0.39, 0.29) is 24.1 Å². The van der Waals surface area contributed by atoms with Gasteiger partial charge in [-0.15, -0.1) is 0 Å². The van der Waals surface area contributed by atoms with Crippen LogP contribution in [0.25, 0.3) is 0 Å². The molecule has 0 amide bonds. The fraction of sp³-hybridized carbons (Fsp3) is 0.429. The zero-order valence-electron chi connectivity index (χ0n) is 10.6. The van der Waals surface area contributed by atoms with Gasteiger partial charge in [-0.1, -0.05) is 18.5 Å². The van der Waals surface area contributed by atoms with Crippen molar-refractivity contribution in [3.05, 3.63) is 34.9 Å². The van der Waals surface area contributed by atoms with E-state index in [4.69, 9.17) is 16.3 Å². The van der Waals surface area contributed by atoms with Crippen LogP contribution in [0.15, 0.2) is 24.3 Å². The molecule has 0 N–H and O–H groups in total. The summed E-state index contributed by atoms with van der Waals surface area (Å²) in [5.41, 5.74) is 0.621. The predicted molar refractivity (Wildman–Crippen MR) is 70.8 cm³/mol. The van der Waals surface area contributed by atoms with E-state index in [0.717, 1.165) is 0 Å². The predicted octanol–water partition coefficient (Wildman–Crippen LogP) is 3.50. The summed E-state index contributed by atoms with van der Waals surface area (Å²) in [4.78, 5) is 23.2. The Bertz CT molecular complexity index is 412. The molecule has 0 saturated heterocycles. The van der Waals surface area contributed by atoms with Crippen molar-refractivity contribution in [3.8, 4) is 0 Å². The van der Waals surface area contributed by atoms with Crippen molar-refractivity contribution < 1.29 is 14.3 Å². The summed E-state index contributed by atoms with van der Waals surface area (Å²) < 4.78 is 4.83. The Kier molecular flexibility index (Phi) is 5.86. The minimum absolute atomic E-state index is 0.0240. The topological polar surface area (TPSA) is 43.4 Å². The molecule has 4 heteroatoms. The third kappa shape index (κ3) is 4.49. The van der Waals surface area contributed by atoms with Gasteiger partial charge in [-0.2, -0.15) is 0 Å². The second kappa shape index (κ2) is 7.17. The van der Waals surface area contributed by atoms with Gasteiger partial charge in [-0.3, -0.25) is 9.59 Å². The Morgan fingerprint density at radius 2 is 1.89 bits per heavy atom. The van der Waals surface area contributed by atoms with Crippen molar-refractivity contribution in [1.82, 2.24) is 0 Å². The Balaban J connectivity index is 2.51. The van der Waals surface area contributed by atoms with Crippen molar-refractivity contribution >= 4 is 23.4 Å². The number of ether oxygens (including phenoxy) is 1. The van der Waals surface area contributed by atoms with Gasteiger partial charge in [-0.25, -0.2) is 0 Å². The highest BCUT2D eigenvalue weighted by atomic mass is 35.5. The highest BCUT2D eigenvalue weighted by Crippen LogP contribution is 2.16. The zero-order chi connectivity index (χ0) is 13.5. The number of rotatable bonds is 6. The summed E-state index contributed by atoms with van der Waals surface area (Å²) in [5, 5.41) is 0.603. The van der Waals surface area contributed by atoms with E-state index in [9.17, 15) is 9.59 Å². The van der Waals surface area contributed by atoms with Crippen LogP contribution in [0.2, 0.25) is 5.02 Å². The Labute approximate surface area is 112 Å². The number of carbonyl (C=O) groups is 2. The monoisotopic (exact) mass is 268 g/mol. The van der Waals surface area contributed by atoms with E-state index >= 15 is 0 Å². The summed E-state index contributed by atoms with van der Waals surface area (Å²) in [6.45, 7) is 3.95. The lowest BCUT2D eigenvalue weighted by Gasteiger charge is -2.10. The molecule has 0 bridgehead atoms. The van der Waals surface area contributed by atoms with Gasteiger partial charge in [0.05, 0.1) is 6.61 Å². The fourth-order valence-corrected chi connectivity index (χ4v) is 1.72. The standard InChI is InChI=1S/C14H17ClO3/c1-3-18-13(16)9-4-10(2)14(17)11-5-7-12(15)8-6-11/h5-8,10H,3-4,9H2,1-2H3. The van der Waals surface area contributed by atoms with Crippen LogP contribution < -0.4 is 0 Å². The molecule has 1 rings (SSSR count). The molecule has 1 unspecified atom stereocenters. The van der Waals surface area contributed by atoms with Crippen LogP contribution in [0.4, 0.5) is 0 Å². The molecule has 0 fully saturated rings. The molecular formula is C14H17ClO3. The lowest BCUT2D eigenvalue weighted by Crippen LogP contribution is -2.14. The van der Waals surface area contributed by atoms with Crippen molar-refractivity contribution in [1.29, 1.82) is 0 Å². The summed E-state index contributed by atoms with van der Waals surface area (Å²) in [6.07, 6.45) is 0.772. The molecule has 3 nitrogen and oxygen atoms in total. The van der Waals surface area contributed by atoms with Crippen LogP contribution in [0.1, 0.15) is 37.0 Å². The third-order valence-electron chi connectivity index (χ3n) is 2.66. The largest absolute Gasteiger partial charge is 0.466 e. The third-order valence-corrected chi connectivity index (χ3v) is 2.92. The number of ketones is 1. The molecule has 0 aliphatic rings. The summed E-state index contributed by atoms with van der Waals surface area (Å²) in [5.74, 6) is -0.431. The second-order valence-electron chi connectivity index (χ2n) is 4.12. The number of hydrogen-bond donors (Lipinski definition) is 0. The van der Waals surface area contributed by atoms with Gasteiger partial charge < -0.3 is 4.74 Å². The molecule has 18 heavy (non-hydrogen) atoms. The summed E-state index contributed by atoms with van der Waals surface area (Å²) >= 11 is 5.76. The number of carbonyl (C=O) groups excluding carboxylic acids is 2. The van der Waals surface area contributed by atoms with Crippen LogP contribution >= 0.6 is 11.6 Å². The molecule has 0 aromatic heterocycles. The van der Waals surface area contributed by atoms with E-state index in [1.165, 1.54) is 0 Å². The van der Waals surface area contributed by atoms with E-state index in [1.54, 1.807) is 31.2 Å². The van der Waals surface area contributed by atoms with Gasteiger partial charge in [0.2, 0.25) is 0 Å². The number of Topliss-reactive ketones (excluding diaryl/α,β-unsaturated/α-hetero) is 1.